The Morgan fingerprint density at radius 2 is 2.25 bits per heavy atom. The van der Waals surface area contributed by atoms with Crippen molar-refractivity contribution in [2.24, 2.45) is 0 Å². The van der Waals surface area contributed by atoms with Crippen LogP contribution in [-0.2, 0) is 14.9 Å². The van der Waals surface area contributed by atoms with Gasteiger partial charge in [-0.2, -0.15) is 8.42 Å². The van der Waals surface area contributed by atoms with E-state index in [1.54, 1.807) is 12.5 Å². The summed E-state index contributed by atoms with van der Waals surface area (Å²) in [6, 6.07) is 0. The van der Waals surface area contributed by atoms with Gasteiger partial charge in [0.15, 0.2) is 0 Å². The van der Waals surface area contributed by atoms with E-state index in [1.165, 1.54) is 13.2 Å². The van der Waals surface area contributed by atoms with Gasteiger partial charge >= 0.3 is 0 Å². The number of hydrogen-bond donors (Lipinski definition) is 1. The van der Waals surface area contributed by atoms with Crippen molar-refractivity contribution in [2.75, 3.05) is 7.11 Å². The maximum atomic E-state index is 10.7. The van der Waals surface area contributed by atoms with Crippen molar-refractivity contribution < 1.29 is 17.7 Å². The third-order valence-corrected chi connectivity index (χ3v) is 2.34. The standard InChI is InChI=1S/C7H9O4S/c1-11-6-4-2-3-5-7(6)12(8,9)10/h3-5H,2H2,1H3,(H,8,9,10). The second-order valence-corrected chi connectivity index (χ2v) is 3.64. The lowest BCUT2D eigenvalue weighted by Crippen LogP contribution is -2.07. The maximum absolute atomic E-state index is 10.7. The van der Waals surface area contributed by atoms with Gasteiger partial charge in [-0.3, -0.25) is 4.55 Å². The van der Waals surface area contributed by atoms with Crippen LogP contribution in [0.2, 0.25) is 0 Å². The molecular weight excluding hydrogens is 180 g/mol. The van der Waals surface area contributed by atoms with Gasteiger partial charge in [0.1, 0.15) is 10.7 Å². The highest BCUT2D eigenvalue weighted by molar-refractivity contribution is 7.90. The third kappa shape index (κ3) is 1.86. The van der Waals surface area contributed by atoms with E-state index < -0.39 is 10.1 Å². The first-order valence-corrected chi connectivity index (χ1v) is 4.75. The minimum atomic E-state index is -4.15. The Bertz CT molecular complexity index is 323. The molecule has 0 saturated heterocycles. The highest BCUT2D eigenvalue weighted by Gasteiger charge is 2.19. The van der Waals surface area contributed by atoms with Gasteiger partial charge in [-0.05, 0) is 12.5 Å². The van der Waals surface area contributed by atoms with Gasteiger partial charge < -0.3 is 4.74 Å². The Hall–Kier alpha value is -0.810. The third-order valence-electron chi connectivity index (χ3n) is 1.45. The average molecular weight is 189 g/mol. The smallest absolute Gasteiger partial charge is 0.297 e. The first-order valence-electron chi connectivity index (χ1n) is 3.31. The molecule has 0 aliphatic heterocycles. The molecule has 0 aromatic rings. The normalized spacial score (nSPS) is 18.2. The molecule has 1 radical (unpaired) electrons. The molecule has 0 heterocycles. The van der Waals surface area contributed by atoms with Crippen LogP contribution >= 0.6 is 0 Å². The summed E-state index contributed by atoms with van der Waals surface area (Å²) in [5, 5.41) is 0. The van der Waals surface area contributed by atoms with Crippen LogP contribution in [0.3, 0.4) is 0 Å². The highest BCUT2D eigenvalue weighted by Crippen LogP contribution is 2.21. The fourth-order valence-corrected chi connectivity index (χ4v) is 1.62. The molecule has 1 N–H and O–H groups in total. The van der Waals surface area contributed by atoms with Gasteiger partial charge in [-0.1, -0.05) is 6.08 Å². The van der Waals surface area contributed by atoms with Crippen LogP contribution in [0.1, 0.15) is 6.42 Å². The second kappa shape index (κ2) is 3.28. The first kappa shape index (κ1) is 9.28. The van der Waals surface area contributed by atoms with Crippen LogP contribution in [0.5, 0.6) is 0 Å². The van der Waals surface area contributed by atoms with Gasteiger partial charge in [0.05, 0.1) is 7.11 Å². The van der Waals surface area contributed by atoms with Gasteiger partial charge in [-0.15, -0.1) is 0 Å². The SMILES string of the molecule is COC1=C(S(=O)(=O)O)C=CC[CH]1. The Labute approximate surface area is 71.3 Å². The van der Waals surface area contributed by atoms with Crippen molar-refractivity contribution in [3.63, 3.8) is 0 Å². The zero-order valence-electron chi connectivity index (χ0n) is 6.52. The molecule has 0 amide bonds. The molecule has 0 unspecified atom stereocenters. The van der Waals surface area contributed by atoms with E-state index in [1.807, 2.05) is 0 Å². The van der Waals surface area contributed by atoms with Crippen LogP contribution in [0.25, 0.3) is 0 Å². The molecule has 0 bridgehead atoms. The Balaban J connectivity index is 3.14. The van der Waals surface area contributed by atoms with E-state index in [0.717, 1.165) is 0 Å². The summed E-state index contributed by atoms with van der Waals surface area (Å²) in [6.45, 7) is 0. The zero-order chi connectivity index (χ0) is 9.19. The number of allylic oxidation sites excluding steroid dienone is 3. The van der Waals surface area contributed by atoms with Gasteiger partial charge in [0, 0.05) is 6.42 Å². The van der Waals surface area contributed by atoms with Crippen molar-refractivity contribution in [3.05, 3.63) is 29.2 Å². The molecule has 12 heavy (non-hydrogen) atoms. The lowest BCUT2D eigenvalue weighted by molar-refractivity contribution is 0.295. The summed E-state index contributed by atoms with van der Waals surface area (Å²) in [4.78, 5) is -0.184. The van der Waals surface area contributed by atoms with Crippen molar-refractivity contribution >= 4 is 10.1 Å². The van der Waals surface area contributed by atoms with E-state index in [0.29, 0.717) is 6.42 Å². The summed E-state index contributed by atoms with van der Waals surface area (Å²) < 4.78 is 34.9. The highest BCUT2D eigenvalue weighted by atomic mass is 32.2. The summed E-state index contributed by atoms with van der Waals surface area (Å²) in [6.07, 6.45) is 5.16. The Morgan fingerprint density at radius 3 is 2.67 bits per heavy atom. The Kier molecular flexibility index (Phi) is 2.54. The quantitative estimate of drug-likeness (QED) is 0.655. The van der Waals surface area contributed by atoms with Crippen LogP contribution in [0.15, 0.2) is 22.8 Å². The van der Waals surface area contributed by atoms with E-state index in [2.05, 4.69) is 0 Å². The van der Waals surface area contributed by atoms with Crippen molar-refractivity contribution in [2.45, 2.75) is 6.42 Å². The summed E-state index contributed by atoms with van der Waals surface area (Å²) >= 11 is 0. The molecule has 0 aromatic heterocycles. The van der Waals surface area contributed by atoms with Gasteiger partial charge in [0.25, 0.3) is 10.1 Å². The van der Waals surface area contributed by atoms with Crippen molar-refractivity contribution in [3.8, 4) is 0 Å². The lowest BCUT2D eigenvalue weighted by atomic mass is 10.2. The predicted octanol–water partition coefficient (Wildman–Crippen LogP) is 0.896. The van der Waals surface area contributed by atoms with Crippen molar-refractivity contribution in [1.82, 2.24) is 0 Å². The zero-order valence-corrected chi connectivity index (χ0v) is 7.34. The molecule has 0 aromatic carbocycles. The van der Waals surface area contributed by atoms with Gasteiger partial charge in [0.2, 0.25) is 0 Å². The fourth-order valence-electron chi connectivity index (χ4n) is 0.930. The minimum absolute atomic E-state index is 0.184. The maximum Gasteiger partial charge on any atom is 0.297 e. The fraction of sp³-hybridized carbons (Fsp3) is 0.286. The largest absolute Gasteiger partial charge is 0.499 e. The summed E-state index contributed by atoms with van der Waals surface area (Å²) in [5.74, 6) is 0.194. The minimum Gasteiger partial charge on any atom is -0.499 e. The van der Waals surface area contributed by atoms with Crippen LogP contribution in [-0.4, -0.2) is 20.1 Å². The molecule has 0 saturated carbocycles. The lowest BCUT2D eigenvalue weighted by Gasteiger charge is -2.11. The van der Waals surface area contributed by atoms with Crippen molar-refractivity contribution in [1.29, 1.82) is 0 Å². The predicted molar refractivity (Wildman–Crippen MR) is 43.6 cm³/mol. The van der Waals surface area contributed by atoms with Crippen LogP contribution in [0, 0.1) is 6.42 Å². The molecule has 0 atom stereocenters. The molecule has 0 spiro atoms. The number of rotatable bonds is 2. The number of methoxy groups -OCH3 is 1. The van der Waals surface area contributed by atoms with E-state index in [-0.39, 0.29) is 10.7 Å². The number of ether oxygens (including phenoxy) is 1. The molecule has 4 nitrogen and oxygen atoms in total. The molecule has 1 aliphatic carbocycles. The van der Waals surface area contributed by atoms with E-state index in [4.69, 9.17) is 9.29 Å². The molecule has 5 heteroatoms. The summed E-state index contributed by atoms with van der Waals surface area (Å²) in [7, 11) is -2.79. The molecule has 67 valence electrons. The number of hydrogen-bond acceptors (Lipinski definition) is 3. The Morgan fingerprint density at radius 1 is 1.58 bits per heavy atom. The van der Waals surface area contributed by atoms with Gasteiger partial charge in [-0.25, -0.2) is 0 Å². The molecular formula is C7H9O4S. The first-order chi connectivity index (χ1) is 5.55. The summed E-state index contributed by atoms with van der Waals surface area (Å²) in [5.41, 5.74) is 0. The second-order valence-electron chi connectivity index (χ2n) is 2.25. The molecule has 1 aliphatic rings. The molecule has 0 fully saturated rings. The molecule has 1 rings (SSSR count). The van der Waals surface area contributed by atoms with E-state index in [9.17, 15) is 8.42 Å². The van der Waals surface area contributed by atoms with E-state index >= 15 is 0 Å². The average Bonchev–Trinajstić information content (AvgIpc) is 2.03. The van der Waals surface area contributed by atoms with Crippen LogP contribution < -0.4 is 0 Å². The monoisotopic (exact) mass is 189 g/mol. The topological polar surface area (TPSA) is 63.6 Å². The van der Waals surface area contributed by atoms with Crippen LogP contribution in [0.4, 0.5) is 0 Å².